The van der Waals surface area contributed by atoms with Crippen LogP contribution in [0.3, 0.4) is 0 Å². The van der Waals surface area contributed by atoms with Crippen molar-refractivity contribution in [3.05, 3.63) is 33.4 Å². The van der Waals surface area contributed by atoms with Gasteiger partial charge in [0.25, 0.3) is 0 Å². The number of hydrogen-bond donors (Lipinski definition) is 0. The highest BCUT2D eigenvalue weighted by Crippen LogP contribution is 2.24. The Kier molecular flexibility index (Phi) is 3.98. The predicted molar refractivity (Wildman–Crippen MR) is 63.0 cm³/mol. The molecular weight excluding hydrogens is 224 g/mol. The lowest BCUT2D eigenvalue weighted by Crippen LogP contribution is -1.81. The molecule has 0 nitrogen and oxygen atoms in total. The van der Waals surface area contributed by atoms with Crippen LogP contribution in [0.15, 0.2) is 33.4 Å². The Bertz CT molecular complexity index is 279. The Balaban J connectivity index is 3.00. The molecule has 0 radical (unpaired) electrons. The highest BCUT2D eigenvalue weighted by molar-refractivity contribution is 9.12. The van der Waals surface area contributed by atoms with Crippen molar-refractivity contribution in [2.45, 2.75) is 40.0 Å². The van der Waals surface area contributed by atoms with E-state index in [1.54, 1.807) is 0 Å². The van der Waals surface area contributed by atoms with Gasteiger partial charge in [-0.3, -0.25) is 0 Å². The third-order valence-corrected chi connectivity index (χ3v) is 3.45. The third kappa shape index (κ3) is 3.15. The number of halogens is 1. The lowest BCUT2D eigenvalue weighted by molar-refractivity contribution is 0.825. The SMILES string of the molecule is CC1=C(\C)CCC/C=C(C)/C(Br)=C\1. The van der Waals surface area contributed by atoms with E-state index in [0.717, 1.165) is 0 Å². The van der Waals surface area contributed by atoms with Gasteiger partial charge in [0.1, 0.15) is 0 Å². The standard InChI is InChI=1S/C12H17Br/c1-9-6-4-5-7-10(2)12(13)8-11(9)3/h7-8H,4-6H2,1-3H3/b10-7+,11-9-,12-8+. The summed E-state index contributed by atoms with van der Waals surface area (Å²) in [5.74, 6) is 0. The lowest BCUT2D eigenvalue weighted by Gasteiger charge is -2.02. The normalized spacial score (nSPS) is 33.5. The van der Waals surface area contributed by atoms with Gasteiger partial charge in [0, 0.05) is 4.48 Å². The van der Waals surface area contributed by atoms with Gasteiger partial charge in [-0.1, -0.05) is 33.2 Å². The molecule has 0 unspecified atom stereocenters. The minimum absolute atomic E-state index is 1.19. The highest BCUT2D eigenvalue weighted by Gasteiger charge is 2.01. The second-order valence-electron chi connectivity index (χ2n) is 3.73. The van der Waals surface area contributed by atoms with Gasteiger partial charge in [-0.05, 0) is 51.7 Å². The molecule has 72 valence electrons. The summed E-state index contributed by atoms with van der Waals surface area (Å²) in [5.41, 5.74) is 4.27. The van der Waals surface area contributed by atoms with Crippen LogP contribution in [0, 0.1) is 0 Å². The molecule has 0 saturated heterocycles. The first-order chi connectivity index (χ1) is 6.11. The van der Waals surface area contributed by atoms with Crippen LogP contribution in [0.25, 0.3) is 0 Å². The van der Waals surface area contributed by atoms with Crippen molar-refractivity contribution in [1.29, 1.82) is 0 Å². The van der Waals surface area contributed by atoms with E-state index in [-0.39, 0.29) is 0 Å². The molecule has 0 N–H and O–H groups in total. The van der Waals surface area contributed by atoms with Gasteiger partial charge in [0.05, 0.1) is 0 Å². The highest BCUT2D eigenvalue weighted by atomic mass is 79.9. The molecule has 0 aromatic carbocycles. The van der Waals surface area contributed by atoms with Gasteiger partial charge in [-0.25, -0.2) is 0 Å². The lowest BCUT2D eigenvalue weighted by atomic mass is 10.1. The molecule has 1 aliphatic carbocycles. The average molecular weight is 241 g/mol. The van der Waals surface area contributed by atoms with E-state index in [1.807, 2.05) is 0 Å². The minimum atomic E-state index is 1.19. The van der Waals surface area contributed by atoms with Crippen molar-refractivity contribution in [2.24, 2.45) is 0 Å². The number of rotatable bonds is 0. The predicted octanol–water partition coefficient (Wildman–Crippen LogP) is 4.73. The maximum absolute atomic E-state index is 3.60. The molecular formula is C12H17Br. The molecule has 0 aliphatic heterocycles. The molecule has 0 atom stereocenters. The van der Waals surface area contributed by atoms with Gasteiger partial charge in [0.15, 0.2) is 0 Å². The van der Waals surface area contributed by atoms with Crippen LogP contribution < -0.4 is 0 Å². The maximum atomic E-state index is 3.60. The summed E-state index contributed by atoms with van der Waals surface area (Å²) < 4.78 is 1.23. The van der Waals surface area contributed by atoms with Crippen LogP contribution >= 0.6 is 15.9 Å². The van der Waals surface area contributed by atoms with Crippen LogP contribution in [0.4, 0.5) is 0 Å². The summed E-state index contributed by atoms with van der Waals surface area (Å²) in [7, 11) is 0. The molecule has 0 heterocycles. The van der Waals surface area contributed by atoms with E-state index in [1.165, 1.54) is 40.5 Å². The monoisotopic (exact) mass is 240 g/mol. The molecule has 0 aromatic rings. The zero-order valence-electron chi connectivity index (χ0n) is 8.65. The van der Waals surface area contributed by atoms with Crippen molar-refractivity contribution >= 4 is 15.9 Å². The summed E-state index contributed by atoms with van der Waals surface area (Å²) in [6, 6.07) is 0. The fraction of sp³-hybridized carbons (Fsp3) is 0.500. The maximum Gasteiger partial charge on any atom is 0.0203 e. The van der Waals surface area contributed by atoms with Crippen LogP contribution in [-0.4, -0.2) is 0 Å². The van der Waals surface area contributed by atoms with E-state index in [9.17, 15) is 0 Å². The molecule has 0 spiro atoms. The zero-order chi connectivity index (χ0) is 9.84. The van der Waals surface area contributed by atoms with E-state index < -0.39 is 0 Å². The van der Waals surface area contributed by atoms with Crippen molar-refractivity contribution in [3.8, 4) is 0 Å². The molecule has 0 bridgehead atoms. The zero-order valence-corrected chi connectivity index (χ0v) is 10.2. The quantitative estimate of drug-likeness (QED) is 0.575. The number of allylic oxidation sites excluding steroid dienone is 6. The number of hydrogen-bond acceptors (Lipinski definition) is 0. The molecule has 13 heavy (non-hydrogen) atoms. The molecule has 0 amide bonds. The van der Waals surface area contributed by atoms with Crippen molar-refractivity contribution in [2.75, 3.05) is 0 Å². The molecule has 0 aromatic heterocycles. The molecule has 1 rings (SSSR count). The third-order valence-electron chi connectivity index (χ3n) is 2.60. The first-order valence-electron chi connectivity index (χ1n) is 4.82. The Labute approximate surface area is 89.5 Å². The Hall–Kier alpha value is -0.300. The second-order valence-corrected chi connectivity index (χ2v) is 4.59. The van der Waals surface area contributed by atoms with Gasteiger partial charge >= 0.3 is 0 Å². The van der Waals surface area contributed by atoms with Gasteiger partial charge < -0.3 is 0 Å². The first kappa shape index (κ1) is 10.8. The fourth-order valence-corrected chi connectivity index (χ4v) is 1.91. The van der Waals surface area contributed by atoms with Crippen LogP contribution in [0.1, 0.15) is 40.0 Å². The van der Waals surface area contributed by atoms with Crippen molar-refractivity contribution in [1.82, 2.24) is 0 Å². The smallest absolute Gasteiger partial charge is 0.0203 e. The van der Waals surface area contributed by atoms with Gasteiger partial charge in [0.2, 0.25) is 0 Å². The fourth-order valence-electron chi connectivity index (χ4n) is 1.41. The Morgan fingerprint density at radius 3 is 2.62 bits per heavy atom. The van der Waals surface area contributed by atoms with E-state index >= 15 is 0 Å². The van der Waals surface area contributed by atoms with E-state index in [2.05, 4.69) is 48.9 Å². The van der Waals surface area contributed by atoms with E-state index in [0.29, 0.717) is 0 Å². The van der Waals surface area contributed by atoms with Crippen molar-refractivity contribution < 1.29 is 0 Å². The molecule has 1 aliphatic rings. The summed E-state index contributed by atoms with van der Waals surface area (Å²) in [6.45, 7) is 6.58. The largest absolute Gasteiger partial charge is 0.0805 e. The average Bonchev–Trinajstić information content (AvgIpc) is 2.13. The molecule has 0 saturated carbocycles. The van der Waals surface area contributed by atoms with Crippen LogP contribution in [0.5, 0.6) is 0 Å². The summed E-state index contributed by atoms with van der Waals surface area (Å²) >= 11 is 3.60. The topological polar surface area (TPSA) is 0 Å². The molecule has 0 fully saturated rings. The summed E-state index contributed by atoms with van der Waals surface area (Å²) in [6.07, 6.45) is 8.24. The first-order valence-corrected chi connectivity index (χ1v) is 5.61. The van der Waals surface area contributed by atoms with Gasteiger partial charge in [-0.15, -0.1) is 0 Å². The molecule has 1 heteroatoms. The van der Waals surface area contributed by atoms with Crippen LogP contribution in [-0.2, 0) is 0 Å². The van der Waals surface area contributed by atoms with Crippen LogP contribution in [0.2, 0.25) is 0 Å². The minimum Gasteiger partial charge on any atom is -0.0805 e. The summed E-state index contributed by atoms with van der Waals surface area (Å²) in [5, 5.41) is 0. The Morgan fingerprint density at radius 1 is 1.23 bits per heavy atom. The van der Waals surface area contributed by atoms with Crippen molar-refractivity contribution in [3.63, 3.8) is 0 Å². The second kappa shape index (κ2) is 4.80. The summed E-state index contributed by atoms with van der Waals surface area (Å²) in [4.78, 5) is 0. The van der Waals surface area contributed by atoms with E-state index in [4.69, 9.17) is 0 Å². The Morgan fingerprint density at radius 2 is 1.92 bits per heavy atom. The van der Waals surface area contributed by atoms with Gasteiger partial charge in [-0.2, -0.15) is 0 Å².